The lowest BCUT2D eigenvalue weighted by Crippen LogP contribution is -2.23. The van der Waals surface area contributed by atoms with Crippen molar-refractivity contribution in [2.75, 3.05) is 13.7 Å². The van der Waals surface area contributed by atoms with Gasteiger partial charge in [0.05, 0.1) is 11.6 Å². The summed E-state index contributed by atoms with van der Waals surface area (Å²) in [5, 5.41) is 4.30. The van der Waals surface area contributed by atoms with Crippen LogP contribution in [0.4, 0.5) is 0 Å². The van der Waals surface area contributed by atoms with Crippen LogP contribution in [-0.4, -0.2) is 13.7 Å². The Hall–Kier alpha value is -1.03. The molecule has 112 valence electrons. The summed E-state index contributed by atoms with van der Waals surface area (Å²) in [5.74, 6) is 0.848. The summed E-state index contributed by atoms with van der Waals surface area (Å²) < 4.78 is 6.26. The standard InChI is InChI=1S/C17H19BrClNO/c1-3-20-16(10-12-4-7-14(19)8-5-12)13-6-9-17(21-2)15(18)11-13/h4-9,11,16,20H,3,10H2,1-2H3. The molecule has 0 saturated heterocycles. The summed E-state index contributed by atoms with van der Waals surface area (Å²) in [4.78, 5) is 0. The molecule has 1 atom stereocenters. The second kappa shape index (κ2) is 7.83. The molecule has 0 bridgehead atoms. The monoisotopic (exact) mass is 367 g/mol. The zero-order chi connectivity index (χ0) is 15.2. The number of halogens is 2. The molecule has 2 aromatic carbocycles. The van der Waals surface area contributed by atoms with Crippen LogP contribution in [0.1, 0.15) is 24.1 Å². The summed E-state index contributed by atoms with van der Waals surface area (Å²) in [7, 11) is 1.68. The van der Waals surface area contributed by atoms with Crippen LogP contribution in [0.3, 0.4) is 0 Å². The lowest BCUT2D eigenvalue weighted by Gasteiger charge is -2.19. The van der Waals surface area contributed by atoms with Gasteiger partial charge in [-0.1, -0.05) is 36.7 Å². The molecule has 0 heterocycles. The Labute approximate surface area is 139 Å². The van der Waals surface area contributed by atoms with E-state index in [2.05, 4.69) is 52.4 Å². The SMILES string of the molecule is CCNC(Cc1ccc(Cl)cc1)c1ccc(OC)c(Br)c1. The van der Waals surface area contributed by atoms with E-state index in [1.165, 1.54) is 11.1 Å². The van der Waals surface area contributed by atoms with Crippen LogP contribution in [0.2, 0.25) is 5.02 Å². The van der Waals surface area contributed by atoms with E-state index in [0.29, 0.717) is 0 Å². The third-order valence-corrected chi connectivity index (χ3v) is 4.25. The molecular formula is C17H19BrClNO. The van der Waals surface area contributed by atoms with Gasteiger partial charge in [-0.15, -0.1) is 0 Å². The normalized spacial score (nSPS) is 12.2. The molecule has 2 nitrogen and oxygen atoms in total. The first-order valence-corrected chi connectivity index (χ1v) is 8.12. The van der Waals surface area contributed by atoms with E-state index >= 15 is 0 Å². The average Bonchev–Trinajstić information content (AvgIpc) is 2.49. The number of hydrogen-bond acceptors (Lipinski definition) is 2. The van der Waals surface area contributed by atoms with Crippen LogP contribution in [0.25, 0.3) is 0 Å². The van der Waals surface area contributed by atoms with Crippen LogP contribution in [0, 0.1) is 0 Å². The highest BCUT2D eigenvalue weighted by Crippen LogP contribution is 2.29. The Morgan fingerprint density at radius 1 is 1.19 bits per heavy atom. The fraction of sp³-hybridized carbons (Fsp3) is 0.294. The molecule has 0 aliphatic heterocycles. The Bertz CT molecular complexity index is 586. The van der Waals surface area contributed by atoms with Crippen molar-refractivity contribution in [3.8, 4) is 5.75 Å². The Morgan fingerprint density at radius 3 is 2.48 bits per heavy atom. The zero-order valence-electron chi connectivity index (χ0n) is 12.2. The van der Waals surface area contributed by atoms with E-state index in [1.807, 2.05) is 18.2 Å². The van der Waals surface area contributed by atoms with Gasteiger partial charge >= 0.3 is 0 Å². The fourth-order valence-corrected chi connectivity index (χ4v) is 2.99. The van der Waals surface area contributed by atoms with Gasteiger partial charge in [0.1, 0.15) is 5.75 Å². The molecule has 21 heavy (non-hydrogen) atoms. The van der Waals surface area contributed by atoms with Gasteiger partial charge in [-0.25, -0.2) is 0 Å². The fourth-order valence-electron chi connectivity index (χ4n) is 2.31. The van der Waals surface area contributed by atoms with Gasteiger partial charge in [0.15, 0.2) is 0 Å². The summed E-state index contributed by atoms with van der Waals surface area (Å²) in [5.41, 5.74) is 2.50. The first-order valence-electron chi connectivity index (χ1n) is 6.95. The maximum atomic E-state index is 5.94. The van der Waals surface area contributed by atoms with Crippen molar-refractivity contribution >= 4 is 27.5 Å². The van der Waals surface area contributed by atoms with Gasteiger partial charge in [-0.3, -0.25) is 0 Å². The van der Waals surface area contributed by atoms with E-state index in [1.54, 1.807) is 7.11 Å². The second-order valence-electron chi connectivity index (χ2n) is 4.83. The van der Waals surface area contributed by atoms with E-state index in [4.69, 9.17) is 16.3 Å². The predicted octanol–water partition coefficient (Wildman–Crippen LogP) is 5.00. The number of hydrogen-bond donors (Lipinski definition) is 1. The molecule has 1 unspecified atom stereocenters. The molecule has 2 rings (SSSR count). The van der Waals surface area contributed by atoms with E-state index in [9.17, 15) is 0 Å². The molecular weight excluding hydrogens is 350 g/mol. The maximum Gasteiger partial charge on any atom is 0.133 e. The highest BCUT2D eigenvalue weighted by atomic mass is 79.9. The molecule has 1 N–H and O–H groups in total. The van der Waals surface area contributed by atoms with E-state index < -0.39 is 0 Å². The maximum absolute atomic E-state index is 5.94. The lowest BCUT2D eigenvalue weighted by atomic mass is 9.98. The number of methoxy groups -OCH3 is 1. The molecule has 4 heteroatoms. The molecule has 0 saturated carbocycles. The predicted molar refractivity (Wildman–Crippen MR) is 92.3 cm³/mol. The molecule has 0 spiro atoms. The quantitative estimate of drug-likeness (QED) is 0.774. The van der Waals surface area contributed by atoms with Crippen LogP contribution < -0.4 is 10.1 Å². The number of nitrogens with one attached hydrogen (secondary N) is 1. The van der Waals surface area contributed by atoms with Crippen molar-refractivity contribution in [3.05, 3.63) is 63.1 Å². The third kappa shape index (κ3) is 4.47. The van der Waals surface area contributed by atoms with Crippen molar-refractivity contribution < 1.29 is 4.74 Å². The Kier molecular flexibility index (Phi) is 6.09. The highest BCUT2D eigenvalue weighted by Gasteiger charge is 2.13. The van der Waals surface area contributed by atoms with Crippen LogP contribution in [0.5, 0.6) is 5.75 Å². The minimum absolute atomic E-state index is 0.262. The van der Waals surface area contributed by atoms with Crippen LogP contribution >= 0.6 is 27.5 Å². The van der Waals surface area contributed by atoms with Crippen molar-refractivity contribution in [1.29, 1.82) is 0 Å². The molecule has 2 aromatic rings. The first kappa shape index (κ1) is 16.3. The van der Waals surface area contributed by atoms with Crippen molar-refractivity contribution in [2.24, 2.45) is 0 Å². The van der Waals surface area contributed by atoms with Crippen molar-refractivity contribution in [3.63, 3.8) is 0 Å². The summed E-state index contributed by atoms with van der Waals surface area (Å²) >= 11 is 9.50. The summed E-state index contributed by atoms with van der Waals surface area (Å²) in [6.45, 7) is 3.04. The average molecular weight is 369 g/mol. The Morgan fingerprint density at radius 2 is 1.90 bits per heavy atom. The number of rotatable bonds is 6. The van der Waals surface area contributed by atoms with Crippen LogP contribution in [-0.2, 0) is 6.42 Å². The molecule has 0 radical (unpaired) electrons. The van der Waals surface area contributed by atoms with Crippen molar-refractivity contribution in [1.82, 2.24) is 5.32 Å². The van der Waals surface area contributed by atoms with Crippen LogP contribution in [0.15, 0.2) is 46.9 Å². The highest BCUT2D eigenvalue weighted by molar-refractivity contribution is 9.10. The van der Waals surface area contributed by atoms with Gasteiger partial charge in [-0.2, -0.15) is 0 Å². The van der Waals surface area contributed by atoms with E-state index in [-0.39, 0.29) is 6.04 Å². The molecule has 0 aromatic heterocycles. The van der Waals surface area contributed by atoms with Gasteiger partial charge in [-0.05, 0) is 64.3 Å². The minimum atomic E-state index is 0.262. The largest absolute Gasteiger partial charge is 0.496 e. The molecule has 0 amide bonds. The minimum Gasteiger partial charge on any atom is -0.496 e. The van der Waals surface area contributed by atoms with Gasteiger partial charge in [0.2, 0.25) is 0 Å². The van der Waals surface area contributed by atoms with Gasteiger partial charge in [0, 0.05) is 11.1 Å². The van der Waals surface area contributed by atoms with E-state index in [0.717, 1.165) is 28.2 Å². The number of ether oxygens (including phenoxy) is 1. The number of likely N-dealkylation sites (N-methyl/N-ethyl adjacent to an activating group) is 1. The van der Waals surface area contributed by atoms with Crippen molar-refractivity contribution in [2.45, 2.75) is 19.4 Å². The molecule has 0 aliphatic carbocycles. The first-order chi connectivity index (χ1) is 10.1. The van der Waals surface area contributed by atoms with Gasteiger partial charge < -0.3 is 10.1 Å². The molecule has 0 aliphatic rings. The second-order valence-corrected chi connectivity index (χ2v) is 6.13. The molecule has 0 fully saturated rings. The Balaban J connectivity index is 2.21. The lowest BCUT2D eigenvalue weighted by molar-refractivity contribution is 0.411. The third-order valence-electron chi connectivity index (χ3n) is 3.38. The summed E-state index contributed by atoms with van der Waals surface area (Å²) in [6, 6.07) is 14.5. The zero-order valence-corrected chi connectivity index (χ0v) is 14.5. The van der Waals surface area contributed by atoms with Gasteiger partial charge in [0.25, 0.3) is 0 Å². The summed E-state index contributed by atoms with van der Waals surface area (Å²) in [6.07, 6.45) is 0.920. The number of benzene rings is 2. The topological polar surface area (TPSA) is 21.3 Å². The smallest absolute Gasteiger partial charge is 0.133 e.